The summed E-state index contributed by atoms with van der Waals surface area (Å²) in [4.78, 5) is 12.2. The van der Waals surface area contributed by atoms with E-state index in [0.29, 0.717) is 18.2 Å². The average Bonchev–Trinajstić information content (AvgIpc) is 2.32. The molecule has 118 valence electrons. The van der Waals surface area contributed by atoms with Gasteiger partial charge in [-0.1, -0.05) is 49.8 Å². The van der Waals surface area contributed by atoms with Gasteiger partial charge in [0.15, 0.2) is 14.0 Å². The van der Waals surface area contributed by atoms with Crippen molar-refractivity contribution >= 4 is 30.1 Å². The highest BCUT2D eigenvalue weighted by atomic mass is 79.9. The van der Waals surface area contributed by atoms with E-state index in [4.69, 9.17) is 9.47 Å². The predicted molar refractivity (Wildman–Crippen MR) is 87.6 cm³/mol. The largest absolute Gasteiger partial charge is 0.366 e. The third kappa shape index (κ3) is 3.13. The molecule has 1 heterocycles. The van der Waals surface area contributed by atoms with Crippen LogP contribution < -0.4 is 0 Å². The fourth-order valence-corrected chi connectivity index (χ4v) is 5.77. The van der Waals surface area contributed by atoms with E-state index in [2.05, 4.69) is 54.4 Å². The number of carbonyl (C=O) groups excluding carboxylic acids is 1. The third-order valence-electron chi connectivity index (χ3n) is 4.98. The molecular formula is C14H28BrNO3Si. The highest BCUT2D eigenvalue weighted by Gasteiger charge is 2.53. The molecule has 1 aliphatic rings. The van der Waals surface area contributed by atoms with Crippen LogP contribution in [0.4, 0.5) is 0 Å². The Bertz CT molecular complexity index is 356. The molecule has 0 radical (unpaired) electrons. The molecule has 20 heavy (non-hydrogen) atoms. The van der Waals surface area contributed by atoms with Crippen LogP contribution in [0.1, 0.15) is 33.6 Å². The van der Waals surface area contributed by atoms with Crippen molar-refractivity contribution in [1.29, 1.82) is 0 Å². The maximum atomic E-state index is 12.2. The number of alkyl halides is 1. The molecule has 1 rings (SSSR count). The van der Waals surface area contributed by atoms with Gasteiger partial charge in [-0.2, -0.15) is 0 Å². The molecule has 4 nitrogen and oxygen atoms in total. The summed E-state index contributed by atoms with van der Waals surface area (Å²) in [6.07, 6.45) is 1.32. The van der Waals surface area contributed by atoms with Crippen LogP contribution in [-0.4, -0.2) is 50.1 Å². The molecule has 0 aliphatic carbocycles. The number of hydrogen-bond donors (Lipinski definition) is 0. The van der Waals surface area contributed by atoms with Crippen LogP contribution in [0, 0.1) is 0 Å². The maximum Gasteiger partial charge on any atom is 0.216 e. The normalized spacial score (nSPS) is 21.1. The van der Waals surface area contributed by atoms with E-state index >= 15 is 0 Å². The number of ether oxygens (including phenoxy) is 2. The molecular weight excluding hydrogens is 338 g/mol. The molecule has 0 spiro atoms. The first-order valence-corrected chi connectivity index (χ1v) is 11.1. The molecule has 0 aromatic heterocycles. The summed E-state index contributed by atoms with van der Waals surface area (Å²) in [6, 6.07) is 0.223. The fraction of sp³-hybridized carbons (Fsp3) is 0.929. The van der Waals surface area contributed by atoms with Crippen LogP contribution in [0.3, 0.4) is 0 Å². The zero-order valence-corrected chi connectivity index (χ0v) is 16.3. The van der Waals surface area contributed by atoms with Crippen LogP contribution >= 0.6 is 15.9 Å². The lowest BCUT2D eigenvalue weighted by molar-refractivity contribution is -0.203. The van der Waals surface area contributed by atoms with Gasteiger partial charge in [-0.05, 0) is 5.04 Å². The Balaban J connectivity index is 2.92. The van der Waals surface area contributed by atoms with Gasteiger partial charge in [0.25, 0.3) is 0 Å². The minimum atomic E-state index is -1.83. The van der Waals surface area contributed by atoms with Crippen LogP contribution in [0.25, 0.3) is 0 Å². The SMILES string of the molecule is COC(CBr)(CC1CC(=O)N1[Si](C)(C)C(C)(C)C)OC. The molecule has 0 N–H and O–H groups in total. The molecule has 0 aromatic rings. The standard InChI is InChI=1S/C14H28BrNO3Si/c1-13(2,3)20(6,7)16-11(8-12(16)17)9-14(10-15,18-4)19-5/h11H,8-10H2,1-7H3. The van der Waals surface area contributed by atoms with E-state index in [0.717, 1.165) is 0 Å². The summed E-state index contributed by atoms with van der Waals surface area (Å²) in [5.74, 6) is -0.372. The Labute approximate surface area is 132 Å². The second-order valence-electron chi connectivity index (χ2n) is 7.09. The Morgan fingerprint density at radius 3 is 2.10 bits per heavy atom. The minimum absolute atomic E-state index is 0.151. The average molecular weight is 366 g/mol. The van der Waals surface area contributed by atoms with Gasteiger partial charge in [0, 0.05) is 33.1 Å². The zero-order valence-electron chi connectivity index (χ0n) is 13.7. The molecule has 0 bridgehead atoms. The van der Waals surface area contributed by atoms with Crippen molar-refractivity contribution in [2.75, 3.05) is 19.5 Å². The van der Waals surface area contributed by atoms with Gasteiger partial charge in [0.1, 0.15) is 0 Å². The molecule has 1 atom stereocenters. The van der Waals surface area contributed by atoms with Crippen molar-refractivity contribution < 1.29 is 14.3 Å². The Morgan fingerprint density at radius 1 is 1.30 bits per heavy atom. The number of rotatable bonds is 6. The Morgan fingerprint density at radius 2 is 1.80 bits per heavy atom. The number of hydrogen-bond acceptors (Lipinski definition) is 3. The zero-order chi connectivity index (χ0) is 15.8. The molecule has 1 amide bonds. The molecule has 6 heteroatoms. The van der Waals surface area contributed by atoms with Crippen LogP contribution in [-0.2, 0) is 14.3 Å². The number of β-lactam (4-membered cyclic amide) rings is 1. The highest BCUT2D eigenvalue weighted by Crippen LogP contribution is 2.44. The lowest BCUT2D eigenvalue weighted by atomic mass is 9.97. The minimum Gasteiger partial charge on any atom is -0.366 e. The Hall–Kier alpha value is 0.0869. The number of carbonyl (C=O) groups is 1. The van der Waals surface area contributed by atoms with E-state index in [1.54, 1.807) is 14.2 Å². The topological polar surface area (TPSA) is 38.8 Å². The predicted octanol–water partition coefficient (Wildman–Crippen LogP) is 3.37. The van der Waals surface area contributed by atoms with Gasteiger partial charge in [-0.3, -0.25) is 4.79 Å². The van der Waals surface area contributed by atoms with Crippen LogP contribution in [0.15, 0.2) is 0 Å². The monoisotopic (exact) mass is 365 g/mol. The van der Waals surface area contributed by atoms with E-state index in [9.17, 15) is 4.79 Å². The van der Waals surface area contributed by atoms with Crippen molar-refractivity contribution in [2.45, 2.75) is 63.6 Å². The van der Waals surface area contributed by atoms with Gasteiger partial charge in [0.05, 0.1) is 5.33 Å². The quantitative estimate of drug-likeness (QED) is 0.313. The molecule has 1 unspecified atom stereocenters. The fourth-order valence-electron chi connectivity index (χ4n) is 2.55. The Kier molecular flexibility index (Phi) is 5.50. The van der Waals surface area contributed by atoms with Crippen LogP contribution in [0.2, 0.25) is 18.1 Å². The highest BCUT2D eigenvalue weighted by molar-refractivity contribution is 9.09. The van der Waals surface area contributed by atoms with E-state index < -0.39 is 14.0 Å². The maximum absolute atomic E-state index is 12.2. The van der Waals surface area contributed by atoms with Crippen molar-refractivity contribution in [3.63, 3.8) is 0 Å². The molecule has 1 saturated heterocycles. The van der Waals surface area contributed by atoms with E-state index in [-0.39, 0.29) is 17.0 Å². The van der Waals surface area contributed by atoms with Gasteiger partial charge >= 0.3 is 0 Å². The van der Waals surface area contributed by atoms with Gasteiger partial charge in [0.2, 0.25) is 5.91 Å². The number of methoxy groups -OCH3 is 2. The second kappa shape index (κ2) is 6.06. The van der Waals surface area contributed by atoms with Gasteiger partial charge < -0.3 is 14.0 Å². The molecule has 0 aromatic carbocycles. The molecule has 0 saturated carbocycles. The van der Waals surface area contributed by atoms with Crippen molar-refractivity contribution in [3.8, 4) is 0 Å². The summed E-state index contributed by atoms with van der Waals surface area (Å²) < 4.78 is 13.2. The third-order valence-corrected chi connectivity index (χ3v) is 11.3. The van der Waals surface area contributed by atoms with E-state index in [1.165, 1.54) is 0 Å². The van der Waals surface area contributed by atoms with Gasteiger partial charge in [-0.25, -0.2) is 0 Å². The van der Waals surface area contributed by atoms with E-state index in [1.807, 2.05) is 0 Å². The number of nitrogens with zero attached hydrogens (tertiary/aromatic N) is 1. The lowest BCUT2D eigenvalue weighted by Crippen LogP contribution is -2.69. The second-order valence-corrected chi connectivity index (χ2v) is 12.7. The summed E-state index contributed by atoms with van der Waals surface area (Å²) in [6.45, 7) is 11.2. The summed E-state index contributed by atoms with van der Waals surface area (Å²) in [5, 5.41) is 0.752. The molecule has 1 aliphatic heterocycles. The van der Waals surface area contributed by atoms with Crippen molar-refractivity contribution in [2.24, 2.45) is 0 Å². The summed E-state index contributed by atoms with van der Waals surface area (Å²) in [7, 11) is 1.48. The first kappa shape index (κ1) is 18.1. The first-order chi connectivity index (χ1) is 9.04. The molecule has 1 fully saturated rings. The lowest BCUT2D eigenvalue weighted by Gasteiger charge is -2.56. The van der Waals surface area contributed by atoms with Crippen molar-refractivity contribution in [3.05, 3.63) is 0 Å². The number of amides is 1. The summed E-state index contributed by atoms with van der Waals surface area (Å²) >= 11 is 3.46. The summed E-state index contributed by atoms with van der Waals surface area (Å²) in [5.41, 5.74) is 0. The van der Waals surface area contributed by atoms with Crippen molar-refractivity contribution in [1.82, 2.24) is 4.57 Å². The van der Waals surface area contributed by atoms with Crippen LogP contribution in [0.5, 0.6) is 0 Å². The van der Waals surface area contributed by atoms with Gasteiger partial charge in [-0.15, -0.1) is 0 Å². The smallest absolute Gasteiger partial charge is 0.216 e. The first-order valence-electron chi connectivity index (χ1n) is 7.03. The number of halogens is 1.